The summed E-state index contributed by atoms with van der Waals surface area (Å²) in [6, 6.07) is 0.891. The second-order valence-corrected chi connectivity index (χ2v) is 5.87. The minimum absolute atomic E-state index is 0.692. The molecule has 0 unspecified atom stereocenters. The van der Waals surface area contributed by atoms with Gasteiger partial charge in [-0.3, -0.25) is 4.90 Å². The highest BCUT2D eigenvalue weighted by molar-refractivity contribution is 5.10. The van der Waals surface area contributed by atoms with Crippen molar-refractivity contribution >= 4 is 0 Å². The molecule has 0 aromatic heterocycles. The quantitative estimate of drug-likeness (QED) is 0.573. The lowest BCUT2D eigenvalue weighted by atomic mass is 9.73. The summed E-state index contributed by atoms with van der Waals surface area (Å²) in [5.41, 5.74) is 0.692. The molecule has 6 aliphatic rings. The van der Waals surface area contributed by atoms with Gasteiger partial charge in [-0.05, 0) is 0 Å². The number of piperazine rings is 3. The van der Waals surface area contributed by atoms with Gasteiger partial charge < -0.3 is 9.80 Å². The van der Waals surface area contributed by atoms with Crippen LogP contribution in [0, 0.1) is 0 Å². The lowest BCUT2D eigenvalue weighted by Crippen LogP contribution is -2.77. The van der Waals surface area contributed by atoms with Crippen molar-refractivity contribution in [1.82, 2.24) is 10.2 Å². The molecule has 0 radical (unpaired) electrons. The molecule has 4 bridgehead atoms. The fourth-order valence-electron chi connectivity index (χ4n) is 4.42. The minimum Gasteiger partial charge on any atom is -0.314 e. The second kappa shape index (κ2) is 2.34. The molecule has 1 aliphatic carbocycles. The van der Waals surface area contributed by atoms with E-state index in [-0.39, 0.29) is 0 Å². The van der Waals surface area contributed by atoms with Gasteiger partial charge in [-0.1, -0.05) is 0 Å². The first-order valence-corrected chi connectivity index (χ1v) is 6.14. The standard InChI is InChI=1S/C11H20N3/c1-4-14(5-2-13(1)3-6-14)11-7-10(8-11)12-9-11/h10,12H,1-9H2/q+1. The molecule has 0 spiro atoms. The van der Waals surface area contributed by atoms with Crippen LogP contribution in [0.2, 0.25) is 0 Å². The van der Waals surface area contributed by atoms with E-state index in [1.807, 2.05) is 0 Å². The number of nitrogens with one attached hydrogen (secondary N) is 1. The first-order chi connectivity index (χ1) is 6.82. The van der Waals surface area contributed by atoms with Crippen molar-refractivity contribution in [1.29, 1.82) is 0 Å². The predicted molar refractivity (Wildman–Crippen MR) is 55.1 cm³/mol. The van der Waals surface area contributed by atoms with E-state index in [1.165, 1.54) is 63.1 Å². The molecule has 0 aromatic carbocycles. The van der Waals surface area contributed by atoms with Crippen LogP contribution in [0.4, 0.5) is 0 Å². The Morgan fingerprint density at radius 2 is 1.71 bits per heavy atom. The zero-order chi connectivity index (χ0) is 9.23. The topological polar surface area (TPSA) is 15.3 Å². The van der Waals surface area contributed by atoms with Crippen molar-refractivity contribution in [2.75, 3.05) is 45.8 Å². The number of fused-ring (bicyclic) bond motifs is 4. The molecule has 5 heterocycles. The Morgan fingerprint density at radius 1 is 1.07 bits per heavy atom. The van der Waals surface area contributed by atoms with Gasteiger partial charge >= 0.3 is 0 Å². The average Bonchev–Trinajstić information content (AvgIpc) is 2.80. The molecule has 6 rings (SSSR count). The Labute approximate surface area is 85.6 Å². The van der Waals surface area contributed by atoms with E-state index >= 15 is 0 Å². The van der Waals surface area contributed by atoms with Crippen LogP contribution in [0.15, 0.2) is 0 Å². The fourth-order valence-corrected chi connectivity index (χ4v) is 4.42. The molecule has 78 valence electrons. The Balaban J connectivity index is 1.68. The van der Waals surface area contributed by atoms with Crippen LogP contribution in [0.5, 0.6) is 0 Å². The Morgan fingerprint density at radius 3 is 2.21 bits per heavy atom. The number of hydrogen-bond acceptors (Lipinski definition) is 2. The van der Waals surface area contributed by atoms with Crippen LogP contribution >= 0.6 is 0 Å². The maximum atomic E-state index is 3.68. The smallest absolute Gasteiger partial charge is 0.115 e. The van der Waals surface area contributed by atoms with E-state index in [2.05, 4.69) is 10.2 Å². The highest BCUT2D eigenvalue weighted by Crippen LogP contribution is 2.48. The van der Waals surface area contributed by atoms with Crippen molar-refractivity contribution < 1.29 is 4.48 Å². The molecule has 5 saturated heterocycles. The summed E-state index contributed by atoms with van der Waals surface area (Å²) in [5, 5.41) is 3.68. The van der Waals surface area contributed by atoms with Crippen molar-refractivity contribution in [3.05, 3.63) is 0 Å². The van der Waals surface area contributed by atoms with Crippen LogP contribution in [0.3, 0.4) is 0 Å². The van der Waals surface area contributed by atoms with Crippen molar-refractivity contribution in [3.63, 3.8) is 0 Å². The van der Waals surface area contributed by atoms with Crippen LogP contribution in [0.25, 0.3) is 0 Å². The summed E-state index contributed by atoms with van der Waals surface area (Å²) in [5.74, 6) is 0. The number of quaternary nitrogens is 1. The number of nitrogens with zero attached hydrogens (tertiary/aromatic N) is 2. The largest absolute Gasteiger partial charge is 0.314 e. The maximum Gasteiger partial charge on any atom is 0.115 e. The van der Waals surface area contributed by atoms with E-state index < -0.39 is 0 Å². The van der Waals surface area contributed by atoms with Gasteiger partial charge in [-0.15, -0.1) is 0 Å². The van der Waals surface area contributed by atoms with Crippen LogP contribution in [-0.2, 0) is 0 Å². The molecule has 3 nitrogen and oxygen atoms in total. The van der Waals surface area contributed by atoms with Gasteiger partial charge in [0.15, 0.2) is 0 Å². The monoisotopic (exact) mass is 194 g/mol. The summed E-state index contributed by atoms with van der Waals surface area (Å²) < 4.78 is 1.48. The average molecular weight is 194 g/mol. The number of hydrogen-bond donors (Lipinski definition) is 1. The van der Waals surface area contributed by atoms with Crippen molar-refractivity contribution in [2.45, 2.75) is 24.4 Å². The second-order valence-electron chi connectivity index (χ2n) is 5.87. The lowest BCUT2D eigenvalue weighted by molar-refractivity contribution is -0.989. The van der Waals surface area contributed by atoms with Gasteiger partial charge in [0, 0.05) is 38.5 Å². The normalized spacial score (nSPS) is 60.0. The molecule has 0 aromatic rings. The van der Waals surface area contributed by atoms with Crippen LogP contribution in [-0.4, -0.2) is 66.8 Å². The van der Waals surface area contributed by atoms with E-state index in [9.17, 15) is 0 Å². The fraction of sp³-hybridized carbons (Fsp3) is 1.00. The van der Waals surface area contributed by atoms with Crippen LogP contribution < -0.4 is 5.32 Å². The third kappa shape index (κ3) is 0.765. The molecule has 0 atom stereocenters. The highest BCUT2D eigenvalue weighted by Gasteiger charge is 2.64. The summed E-state index contributed by atoms with van der Waals surface area (Å²) in [7, 11) is 0. The molecule has 6 fully saturated rings. The van der Waals surface area contributed by atoms with E-state index in [1.54, 1.807) is 0 Å². The molecular weight excluding hydrogens is 174 g/mol. The zero-order valence-corrected chi connectivity index (χ0v) is 8.84. The van der Waals surface area contributed by atoms with Gasteiger partial charge in [-0.25, -0.2) is 0 Å². The minimum atomic E-state index is 0.692. The summed E-state index contributed by atoms with van der Waals surface area (Å²) in [6.07, 6.45) is 2.96. The summed E-state index contributed by atoms with van der Waals surface area (Å²) >= 11 is 0. The van der Waals surface area contributed by atoms with E-state index in [4.69, 9.17) is 0 Å². The first kappa shape index (κ1) is 8.08. The molecule has 3 heteroatoms. The Kier molecular flexibility index (Phi) is 1.35. The molecule has 1 N–H and O–H groups in total. The number of rotatable bonds is 1. The van der Waals surface area contributed by atoms with Gasteiger partial charge in [0.05, 0.1) is 26.2 Å². The van der Waals surface area contributed by atoms with Crippen molar-refractivity contribution in [2.24, 2.45) is 0 Å². The Bertz CT molecular complexity index is 242. The summed E-state index contributed by atoms with van der Waals surface area (Å²) in [6.45, 7) is 9.74. The first-order valence-electron chi connectivity index (χ1n) is 6.14. The maximum absolute atomic E-state index is 3.68. The van der Waals surface area contributed by atoms with Gasteiger partial charge in [0.25, 0.3) is 0 Å². The van der Waals surface area contributed by atoms with Crippen molar-refractivity contribution in [3.8, 4) is 0 Å². The Hall–Kier alpha value is -0.120. The highest BCUT2D eigenvalue weighted by atomic mass is 15.5. The third-order valence-corrected chi connectivity index (χ3v) is 5.51. The molecule has 1 saturated carbocycles. The van der Waals surface area contributed by atoms with E-state index in [0.29, 0.717) is 5.54 Å². The third-order valence-electron chi connectivity index (χ3n) is 5.51. The van der Waals surface area contributed by atoms with Gasteiger partial charge in [0.2, 0.25) is 0 Å². The SMILES string of the molecule is C1C[N+]2(C34CNC(C3)C4)CCN1CC2. The lowest BCUT2D eigenvalue weighted by Gasteiger charge is -2.61. The summed E-state index contributed by atoms with van der Waals surface area (Å²) in [4.78, 5) is 2.65. The van der Waals surface area contributed by atoms with E-state index in [0.717, 1.165) is 6.04 Å². The zero-order valence-electron chi connectivity index (χ0n) is 8.84. The van der Waals surface area contributed by atoms with Crippen LogP contribution in [0.1, 0.15) is 12.8 Å². The van der Waals surface area contributed by atoms with Gasteiger partial charge in [0.1, 0.15) is 5.54 Å². The van der Waals surface area contributed by atoms with Gasteiger partial charge in [-0.2, -0.15) is 0 Å². The predicted octanol–water partition coefficient (Wildman–Crippen LogP) is -0.363. The molecule has 5 aliphatic heterocycles. The molecule has 14 heavy (non-hydrogen) atoms. The molecule has 0 amide bonds. The molecular formula is C11H20N3+.